The summed E-state index contributed by atoms with van der Waals surface area (Å²) >= 11 is 3.66. The molecule has 0 spiro atoms. The van der Waals surface area contributed by atoms with Gasteiger partial charge in [-0.1, -0.05) is 48.7 Å². The van der Waals surface area contributed by atoms with Crippen molar-refractivity contribution < 1.29 is 0 Å². The molecule has 2 rings (SSSR count). The summed E-state index contributed by atoms with van der Waals surface area (Å²) in [6, 6.07) is 7.83. The van der Waals surface area contributed by atoms with E-state index in [0.717, 1.165) is 6.54 Å². The number of hydrogen-bond donors (Lipinski definition) is 1. The van der Waals surface area contributed by atoms with Crippen LogP contribution in [0.1, 0.15) is 58.1 Å². The van der Waals surface area contributed by atoms with Crippen molar-refractivity contribution in [3.63, 3.8) is 0 Å². The van der Waals surface area contributed by atoms with E-state index in [2.05, 4.69) is 65.1 Å². The monoisotopic (exact) mass is 352 g/mol. The summed E-state index contributed by atoms with van der Waals surface area (Å²) in [5.74, 6) is 0.683. The molecular weight excluding hydrogens is 324 g/mol. The van der Waals surface area contributed by atoms with E-state index in [0.29, 0.717) is 18.0 Å². The topological polar surface area (TPSA) is 15.3 Å². The van der Waals surface area contributed by atoms with Crippen molar-refractivity contribution in [3.05, 3.63) is 28.2 Å². The molecule has 1 aromatic rings. The molecule has 0 aliphatic heterocycles. The lowest BCUT2D eigenvalue weighted by atomic mass is 10.0. The van der Waals surface area contributed by atoms with E-state index in [1.54, 1.807) is 0 Å². The minimum absolute atomic E-state index is 0.379. The van der Waals surface area contributed by atoms with Crippen LogP contribution in [0.25, 0.3) is 0 Å². The number of rotatable bonds is 6. The van der Waals surface area contributed by atoms with Crippen LogP contribution in [0, 0.1) is 5.92 Å². The van der Waals surface area contributed by atoms with E-state index in [4.69, 9.17) is 0 Å². The van der Waals surface area contributed by atoms with E-state index >= 15 is 0 Å². The average molecular weight is 353 g/mol. The Labute approximate surface area is 138 Å². The van der Waals surface area contributed by atoms with Crippen molar-refractivity contribution in [1.82, 2.24) is 5.32 Å². The van der Waals surface area contributed by atoms with Crippen molar-refractivity contribution in [2.45, 2.75) is 58.5 Å². The molecule has 1 atom stereocenters. The summed E-state index contributed by atoms with van der Waals surface area (Å²) in [6.45, 7) is 8.03. The lowest BCUT2D eigenvalue weighted by molar-refractivity contribution is 0.530. The molecule has 2 nitrogen and oxygen atoms in total. The molecule has 1 unspecified atom stereocenters. The molecule has 0 bridgehead atoms. The lowest BCUT2D eigenvalue weighted by Gasteiger charge is -2.35. The maximum absolute atomic E-state index is 3.66. The second kappa shape index (κ2) is 7.64. The van der Waals surface area contributed by atoms with Gasteiger partial charge in [0.05, 0.1) is 0 Å². The normalized spacial score (nSPS) is 17.4. The summed E-state index contributed by atoms with van der Waals surface area (Å²) in [5.41, 5.74) is 2.82. The van der Waals surface area contributed by atoms with Crippen LogP contribution in [0.4, 0.5) is 5.69 Å². The van der Waals surface area contributed by atoms with Gasteiger partial charge in [-0.05, 0) is 50.4 Å². The Kier molecular flexibility index (Phi) is 6.12. The van der Waals surface area contributed by atoms with Crippen LogP contribution in [0.3, 0.4) is 0 Å². The SMILES string of the molecule is CNC(C)c1ccc(Br)cc1N(CC(C)C)C1CCCC1. The molecular formula is C18H29BrN2. The molecule has 1 aliphatic rings. The molecule has 118 valence electrons. The van der Waals surface area contributed by atoms with E-state index in [9.17, 15) is 0 Å². The lowest BCUT2D eigenvalue weighted by Crippen LogP contribution is -2.37. The van der Waals surface area contributed by atoms with Crippen LogP contribution in [0.2, 0.25) is 0 Å². The van der Waals surface area contributed by atoms with E-state index in [1.807, 2.05) is 7.05 Å². The Balaban J connectivity index is 2.39. The van der Waals surface area contributed by atoms with Crippen LogP contribution in [-0.4, -0.2) is 19.6 Å². The van der Waals surface area contributed by atoms with Crippen molar-refractivity contribution in [2.24, 2.45) is 5.92 Å². The number of anilines is 1. The summed E-state index contributed by atoms with van der Waals surface area (Å²) in [5, 5.41) is 3.40. The van der Waals surface area contributed by atoms with Gasteiger partial charge in [-0.15, -0.1) is 0 Å². The Bertz CT molecular complexity index is 453. The van der Waals surface area contributed by atoms with Gasteiger partial charge in [0, 0.05) is 28.8 Å². The molecule has 1 aromatic carbocycles. The van der Waals surface area contributed by atoms with Crippen LogP contribution in [0.5, 0.6) is 0 Å². The van der Waals surface area contributed by atoms with Crippen LogP contribution in [-0.2, 0) is 0 Å². The summed E-state index contributed by atoms with van der Waals surface area (Å²) in [7, 11) is 2.04. The third-order valence-electron chi connectivity index (χ3n) is 4.53. The van der Waals surface area contributed by atoms with Gasteiger partial charge in [0.25, 0.3) is 0 Å². The summed E-state index contributed by atoms with van der Waals surface area (Å²) in [4.78, 5) is 2.67. The second-order valence-electron chi connectivity index (χ2n) is 6.70. The van der Waals surface area contributed by atoms with Gasteiger partial charge in [0.2, 0.25) is 0 Å². The zero-order valence-electron chi connectivity index (χ0n) is 13.8. The number of benzene rings is 1. The Morgan fingerprint density at radius 3 is 2.48 bits per heavy atom. The van der Waals surface area contributed by atoms with Gasteiger partial charge in [-0.2, -0.15) is 0 Å². The largest absolute Gasteiger partial charge is 0.368 e. The van der Waals surface area contributed by atoms with Gasteiger partial charge >= 0.3 is 0 Å². The van der Waals surface area contributed by atoms with Crippen LogP contribution >= 0.6 is 15.9 Å². The van der Waals surface area contributed by atoms with E-state index in [-0.39, 0.29) is 0 Å². The zero-order valence-corrected chi connectivity index (χ0v) is 15.4. The highest BCUT2D eigenvalue weighted by molar-refractivity contribution is 9.10. The molecule has 1 fully saturated rings. The van der Waals surface area contributed by atoms with Gasteiger partial charge in [0.15, 0.2) is 0 Å². The van der Waals surface area contributed by atoms with Gasteiger partial charge in [0.1, 0.15) is 0 Å². The van der Waals surface area contributed by atoms with Crippen LogP contribution in [0.15, 0.2) is 22.7 Å². The first-order valence-corrected chi connectivity index (χ1v) is 9.05. The minimum Gasteiger partial charge on any atom is -0.368 e. The summed E-state index contributed by atoms with van der Waals surface area (Å²) in [6.07, 6.45) is 5.44. The molecule has 0 aromatic heterocycles. The zero-order chi connectivity index (χ0) is 15.4. The van der Waals surface area contributed by atoms with Gasteiger partial charge in [-0.25, -0.2) is 0 Å². The molecule has 0 radical (unpaired) electrons. The second-order valence-corrected chi connectivity index (χ2v) is 7.61. The quantitative estimate of drug-likeness (QED) is 0.762. The Morgan fingerprint density at radius 2 is 1.90 bits per heavy atom. The van der Waals surface area contributed by atoms with E-state index in [1.165, 1.54) is 41.4 Å². The number of hydrogen-bond acceptors (Lipinski definition) is 2. The molecule has 21 heavy (non-hydrogen) atoms. The highest BCUT2D eigenvalue weighted by Crippen LogP contribution is 2.35. The van der Waals surface area contributed by atoms with Crippen molar-refractivity contribution >= 4 is 21.6 Å². The first-order chi connectivity index (χ1) is 10.0. The maximum atomic E-state index is 3.66. The minimum atomic E-state index is 0.379. The number of halogens is 1. The molecule has 3 heteroatoms. The van der Waals surface area contributed by atoms with Gasteiger partial charge in [-0.3, -0.25) is 0 Å². The third-order valence-corrected chi connectivity index (χ3v) is 5.02. The molecule has 0 heterocycles. The molecule has 0 saturated heterocycles. The van der Waals surface area contributed by atoms with Crippen LogP contribution < -0.4 is 10.2 Å². The summed E-state index contributed by atoms with van der Waals surface area (Å²) < 4.78 is 1.18. The van der Waals surface area contributed by atoms with E-state index < -0.39 is 0 Å². The fourth-order valence-electron chi connectivity index (χ4n) is 3.34. The Hall–Kier alpha value is -0.540. The first-order valence-electron chi connectivity index (χ1n) is 8.26. The molecule has 0 amide bonds. The van der Waals surface area contributed by atoms with Crippen molar-refractivity contribution in [1.29, 1.82) is 0 Å². The van der Waals surface area contributed by atoms with Crippen molar-refractivity contribution in [2.75, 3.05) is 18.5 Å². The highest BCUT2D eigenvalue weighted by Gasteiger charge is 2.26. The third kappa shape index (κ3) is 4.23. The number of nitrogens with zero attached hydrogens (tertiary/aromatic N) is 1. The maximum Gasteiger partial charge on any atom is 0.0428 e. The number of nitrogens with one attached hydrogen (secondary N) is 1. The first kappa shape index (κ1) is 16.8. The molecule has 1 N–H and O–H groups in total. The average Bonchev–Trinajstić information content (AvgIpc) is 2.97. The Morgan fingerprint density at radius 1 is 1.24 bits per heavy atom. The smallest absolute Gasteiger partial charge is 0.0428 e. The van der Waals surface area contributed by atoms with Crippen molar-refractivity contribution in [3.8, 4) is 0 Å². The molecule has 1 saturated carbocycles. The predicted octanol–water partition coefficient (Wildman–Crippen LogP) is 5.13. The highest BCUT2D eigenvalue weighted by atomic mass is 79.9. The standard InChI is InChI=1S/C18H29BrN2/c1-13(2)12-21(16-7-5-6-8-16)18-11-15(19)9-10-17(18)14(3)20-4/h9-11,13-14,16,20H,5-8,12H2,1-4H3. The fraction of sp³-hybridized carbons (Fsp3) is 0.667. The predicted molar refractivity (Wildman–Crippen MR) is 96.1 cm³/mol. The fourth-order valence-corrected chi connectivity index (χ4v) is 3.69. The van der Waals surface area contributed by atoms with Gasteiger partial charge < -0.3 is 10.2 Å². The molecule has 1 aliphatic carbocycles.